The summed E-state index contributed by atoms with van der Waals surface area (Å²) in [5.74, 6) is 3.20. The Kier molecular flexibility index (Phi) is 5.41. The molecule has 1 aromatic rings. The van der Waals surface area contributed by atoms with Crippen molar-refractivity contribution in [1.82, 2.24) is 9.97 Å². The molecule has 3 heterocycles. The predicted molar refractivity (Wildman–Crippen MR) is 92.3 cm³/mol. The summed E-state index contributed by atoms with van der Waals surface area (Å²) in [6, 6.07) is 0. The van der Waals surface area contributed by atoms with Crippen LogP contribution in [0.3, 0.4) is 0 Å². The van der Waals surface area contributed by atoms with Crippen molar-refractivity contribution in [3.8, 4) is 0 Å². The second kappa shape index (κ2) is 7.51. The van der Waals surface area contributed by atoms with Crippen molar-refractivity contribution in [2.24, 2.45) is 0 Å². The number of aromatic nitrogens is 2. The van der Waals surface area contributed by atoms with Gasteiger partial charge in [-0.05, 0) is 25.0 Å². The van der Waals surface area contributed by atoms with Gasteiger partial charge in [-0.3, -0.25) is 0 Å². The van der Waals surface area contributed by atoms with Gasteiger partial charge >= 0.3 is 0 Å². The Bertz CT molecular complexity index is 505. The van der Waals surface area contributed by atoms with E-state index in [1.54, 1.807) is 0 Å². The molecule has 1 fully saturated rings. The molecule has 2 aliphatic heterocycles. The van der Waals surface area contributed by atoms with Crippen molar-refractivity contribution in [2.45, 2.75) is 37.5 Å². The van der Waals surface area contributed by atoms with Crippen LogP contribution in [0.2, 0.25) is 0 Å². The van der Waals surface area contributed by atoms with Gasteiger partial charge in [0.2, 0.25) is 5.95 Å². The van der Waals surface area contributed by atoms with E-state index in [9.17, 15) is 0 Å². The predicted octanol–water partition coefficient (Wildman–Crippen LogP) is 2.59. The summed E-state index contributed by atoms with van der Waals surface area (Å²) in [7, 11) is 2.16. The summed E-state index contributed by atoms with van der Waals surface area (Å²) in [5.41, 5.74) is 1.24. The van der Waals surface area contributed by atoms with Crippen molar-refractivity contribution >= 4 is 23.5 Å². The minimum Gasteiger partial charge on any atom is -0.378 e. The summed E-state index contributed by atoms with van der Waals surface area (Å²) < 4.78 is 5.45. The zero-order valence-corrected chi connectivity index (χ0v) is 14.5. The van der Waals surface area contributed by atoms with Crippen molar-refractivity contribution in [1.29, 1.82) is 0 Å². The van der Waals surface area contributed by atoms with Gasteiger partial charge in [0.15, 0.2) is 0 Å². The minimum atomic E-state index is 0.774. The lowest BCUT2D eigenvalue weighted by molar-refractivity contribution is 0.122. The molecule has 2 aliphatic rings. The highest BCUT2D eigenvalue weighted by Crippen LogP contribution is 2.37. The van der Waals surface area contributed by atoms with E-state index in [4.69, 9.17) is 14.7 Å². The second-order valence-electron chi connectivity index (χ2n) is 5.95. The number of rotatable bonds is 5. The quantitative estimate of drug-likeness (QED) is 0.830. The first-order valence-electron chi connectivity index (χ1n) is 8.37. The second-order valence-corrected chi connectivity index (χ2v) is 7.05. The lowest BCUT2D eigenvalue weighted by Crippen LogP contribution is -2.38. The van der Waals surface area contributed by atoms with E-state index in [1.165, 1.54) is 35.6 Å². The first-order valence-corrected chi connectivity index (χ1v) is 9.35. The van der Waals surface area contributed by atoms with Gasteiger partial charge in [0, 0.05) is 26.7 Å². The van der Waals surface area contributed by atoms with Crippen molar-refractivity contribution < 1.29 is 4.74 Å². The molecule has 0 unspecified atom stereocenters. The third-order valence-electron chi connectivity index (χ3n) is 4.21. The summed E-state index contributed by atoms with van der Waals surface area (Å²) in [4.78, 5) is 15.7. The Hall–Kier alpha value is -1.01. The summed E-state index contributed by atoms with van der Waals surface area (Å²) in [6.07, 6.45) is 4.71. The largest absolute Gasteiger partial charge is 0.378 e. The number of fused-ring (bicyclic) bond motifs is 1. The molecule has 0 aromatic carbocycles. The third-order valence-corrected chi connectivity index (χ3v) is 5.41. The molecule has 1 aromatic heterocycles. The number of thioether (sulfide) groups is 1. The molecule has 1 saturated heterocycles. The zero-order valence-electron chi connectivity index (χ0n) is 13.7. The smallest absolute Gasteiger partial charge is 0.227 e. The minimum absolute atomic E-state index is 0.774. The molecule has 0 atom stereocenters. The van der Waals surface area contributed by atoms with Gasteiger partial charge in [-0.2, -0.15) is 4.98 Å². The normalized spacial score (nSPS) is 18.2. The maximum Gasteiger partial charge on any atom is 0.227 e. The van der Waals surface area contributed by atoms with Gasteiger partial charge in [0.05, 0.1) is 23.8 Å². The molecule has 5 nitrogen and oxygen atoms in total. The number of morpholine rings is 1. The van der Waals surface area contributed by atoms with Crippen LogP contribution in [0.4, 0.5) is 11.8 Å². The van der Waals surface area contributed by atoms with E-state index in [2.05, 4.69) is 23.8 Å². The molecule has 0 bridgehead atoms. The van der Waals surface area contributed by atoms with Crippen LogP contribution in [0.15, 0.2) is 4.90 Å². The fraction of sp³-hybridized carbons (Fsp3) is 0.750. The van der Waals surface area contributed by atoms with Gasteiger partial charge < -0.3 is 14.5 Å². The van der Waals surface area contributed by atoms with Crippen molar-refractivity contribution in [3.63, 3.8) is 0 Å². The Morgan fingerprint density at radius 3 is 2.86 bits per heavy atom. The Morgan fingerprint density at radius 2 is 2.09 bits per heavy atom. The zero-order chi connectivity index (χ0) is 15.4. The fourth-order valence-electron chi connectivity index (χ4n) is 2.87. The monoisotopic (exact) mass is 322 g/mol. The maximum absolute atomic E-state index is 5.45. The Balaban J connectivity index is 1.91. The maximum atomic E-state index is 5.45. The highest BCUT2D eigenvalue weighted by Gasteiger charge is 2.23. The first-order chi connectivity index (χ1) is 10.8. The van der Waals surface area contributed by atoms with E-state index in [0.29, 0.717) is 0 Å². The first kappa shape index (κ1) is 15.9. The van der Waals surface area contributed by atoms with Gasteiger partial charge in [-0.15, -0.1) is 11.8 Å². The number of ether oxygens (including phenoxy) is 1. The van der Waals surface area contributed by atoms with Gasteiger partial charge in [-0.25, -0.2) is 4.98 Å². The Morgan fingerprint density at radius 1 is 1.27 bits per heavy atom. The lowest BCUT2D eigenvalue weighted by atomic mass is 10.2. The van der Waals surface area contributed by atoms with Crippen molar-refractivity contribution in [3.05, 3.63) is 5.69 Å². The fourth-order valence-corrected chi connectivity index (χ4v) is 4.00. The van der Waals surface area contributed by atoms with Crippen LogP contribution < -0.4 is 9.80 Å². The molecule has 0 spiro atoms. The molecular weight excluding hydrogens is 296 g/mol. The van der Waals surface area contributed by atoms with Gasteiger partial charge in [0.1, 0.15) is 5.82 Å². The average molecular weight is 322 g/mol. The Labute approximate surface area is 137 Å². The SMILES string of the molecule is CCCCN(C)c1nc(N2CCOCC2)nc2c1SCCC2. The number of unbranched alkanes of at least 4 members (excludes halogenated alkanes) is 1. The number of nitrogens with zero attached hydrogens (tertiary/aromatic N) is 4. The van der Waals surface area contributed by atoms with Crippen molar-refractivity contribution in [2.75, 3.05) is 55.4 Å². The van der Waals surface area contributed by atoms with E-state index >= 15 is 0 Å². The highest BCUT2D eigenvalue weighted by atomic mass is 32.2. The summed E-state index contributed by atoms with van der Waals surface area (Å²) in [5, 5.41) is 0. The molecule has 0 radical (unpaired) electrons. The number of hydrogen-bond acceptors (Lipinski definition) is 6. The molecule has 0 N–H and O–H groups in total. The molecule has 0 aliphatic carbocycles. The highest BCUT2D eigenvalue weighted by molar-refractivity contribution is 7.99. The van der Waals surface area contributed by atoms with E-state index < -0.39 is 0 Å². The molecule has 122 valence electrons. The van der Waals surface area contributed by atoms with Crippen LogP contribution in [0, 0.1) is 0 Å². The van der Waals surface area contributed by atoms with E-state index in [1.807, 2.05) is 11.8 Å². The van der Waals surface area contributed by atoms with E-state index in [-0.39, 0.29) is 0 Å². The van der Waals surface area contributed by atoms with Crippen LogP contribution in [0.5, 0.6) is 0 Å². The van der Waals surface area contributed by atoms with Crippen LogP contribution in [0.1, 0.15) is 31.9 Å². The molecule has 0 saturated carbocycles. The lowest BCUT2D eigenvalue weighted by Gasteiger charge is -2.30. The molecular formula is C16H26N4OS. The molecule has 22 heavy (non-hydrogen) atoms. The van der Waals surface area contributed by atoms with Crippen LogP contribution in [-0.4, -0.2) is 55.6 Å². The molecule has 3 rings (SSSR count). The van der Waals surface area contributed by atoms with Gasteiger partial charge in [0.25, 0.3) is 0 Å². The summed E-state index contributed by atoms with van der Waals surface area (Å²) in [6.45, 7) is 6.63. The number of anilines is 2. The number of hydrogen-bond donors (Lipinski definition) is 0. The van der Waals surface area contributed by atoms with Crippen LogP contribution in [-0.2, 0) is 11.2 Å². The third kappa shape index (κ3) is 3.49. The van der Waals surface area contributed by atoms with Crippen LogP contribution in [0.25, 0.3) is 0 Å². The van der Waals surface area contributed by atoms with Crippen LogP contribution >= 0.6 is 11.8 Å². The molecule has 0 amide bonds. The summed E-state index contributed by atoms with van der Waals surface area (Å²) >= 11 is 1.92. The average Bonchev–Trinajstić information content (AvgIpc) is 2.59. The standard InChI is InChI=1S/C16H26N4OS/c1-3-4-7-19(2)15-14-13(6-5-12-22-14)17-16(18-15)20-8-10-21-11-9-20/h3-12H2,1-2H3. The van der Waals surface area contributed by atoms with E-state index in [0.717, 1.165) is 51.0 Å². The van der Waals surface area contributed by atoms with Gasteiger partial charge in [-0.1, -0.05) is 13.3 Å². The molecule has 6 heteroatoms. The number of aryl methyl sites for hydroxylation is 1. The topological polar surface area (TPSA) is 41.5 Å².